The summed E-state index contributed by atoms with van der Waals surface area (Å²) in [7, 11) is 0. The van der Waals surface area contributed by atoms with E-state index in [4.69, 9.17) is 9.72 Å². The largest absolute Gasteiger partial charge is 0.380 e. The van der Waals surface area contributed by atoms with E-state index in [9.17, 15) is 0 Å². The Morgan fingerprint density at radius 3 is 2.89 bits per heavy atom. The van der Waals surface area contributed by atoms with Crippen molar-refractivity contribution >= 4 is 11.0 Å². The van der Waals surface area contributed by atoms with E-state index in [1.54, 1.807) is 0 Å². The fourth-order valence-corrected chi connectivity index (χ4v) is 2.88. The van der Waals surface area contributed by atoms with Gasteiger partial charge in [0.2, 0.25) is 0 Å². The molecular weight excluding hydrogens is 226 g/mol. The summed E-state index contributed by atoms with van der Waals surface area (Å²) >= 11 is 0. The van der Waals surface area contributed by atoms with Crippen LogP contribution in [0.4, 0.5) is 0 Å². The summed E-state index contributed by atoms with van der Waals surface area (Å²) in [5.74, 6) is 0.499. The molecule has 0 amide bonds. The summed E-state index contributed by atoms with van der Waals surface area (Å²) in [5.41, 5.74) is 5.05. The number of rotatable bonds is 1. The summed E-state index contributed by atoms with van der Waals surface area (Å²) < 4.78 is 5.24. The Morgan fingerprint density at radius 2 is 2.06 bits per heavy atom. The number of pyridine rings is 1. The highest BCUT2D eigenvalue weighted by Gasteiger charge is 2.23. The number of aromatic amines is 1. The summed E-state index contributed by atoms with van der Waals surface area (Å²) in [6, 6.07) is 4.40. The number of aromatic nitrogens is 2. The van der Waals surface area contributed by atoms with Crippen LogP contribution in [0.15, 0.2) is 12.1 Å². The van der Waals surface area contributed by atoms with Gasteiger partial charge in [-0.3, -0.25) is 0 Å². The van der Waals surface area contributed by atoms with Crippen LogP contribution in [0.1, 0.15) is 22.9 Å². The van der Waals surface area contributed by atoms with E-state index in [-0.39, 0.29) is 0 Å². The van der Waals surface area contributed by atoms with E-state index >= 15 is 0 Å². The van der Waals surface area contributed by atoms with Crippen LogP contribution in [-0.4, -0.2) is 36.3 Å². The Bertz CT molecular complexity index is 586. The molecule has 4 heterocycles. The first kappa shape index (κ1) is 10.5. The van der Waals surface area contributed by atoms with E-state index in [0.29, 0.717) is 5.92 Å². The van der Waals surface area contributed by atoms with Crippen LogP contribution in [0, 0.1) is 0 Å². The molecule has 0 unspecified atom stereocenters. The molecule has 1 saturated heterocycles. The van der Waals surface area contributed by atoms with Crippen LogP contribution in [0.2, 0.25) is 0 Å². The maximum Gasteiger partial charge on any atom is 0.138 e. The molecule has 1 fully saturated rings. The molecular formula is C14H17N3O. The summed E-state index contributed by atoms with van der Waals surface area (Å²) in [4.78, 5) is 8.28. The van der Waals surface area contributed by atoms with Gasteiger partial charge in [-0.25, -0.2) is 4.98 Å². The second kappa shape index (κ2) is 4.07. The molecule has 4 heteroatoms. The third kappa shape index (κ3) is 1.56. The Hall–Kier alpha value is -1.39. The first-order valence-corrected chi connectivity index (χ1v) is 6.70. The van der Waals surface area contributed by atoms with Gasteiger partial charge < -0.3 is 15.0 Å². The van der Waals surface area contributed by atoms with E-state index < -0.39 is 0 Å². The number of hydrogen-bond donors (Lipinski definition) is 2. The number of nitrogens with one attached hydrogen (secondary N) is 2. The van der Waals surface area contributed by atoms with Crippen molar-refractivity contribution < 1.29 is 4.74 Å². The fraction of sp³-hybridized carbons (Fsp3) is 0.500. The summed E-state index contributed by atoms with van der Waals surface area (Å²) in [5, 5.41) is 4.74. The highest BCUT2D eigenvalue weighted by molar-refractivity contribution is 5.81. The summed E-state index contributed by atoms with van der Waals surface area (Å²) in [6.45, 7) is 3.77. The van der Waals surface area contributed by atoms with Crippen LogP contribution < -0.4 is 5.32 Å². The number of ether oxygens (including phenoxy) is 1. The molecule has 0 atom stereocenters. The molecule has 2 N–H and O–H groups in total. The molecule has 0 saturated carbocycles. The Balaban J connectivity index is 1.81. The molecule has 0 bridgehead atoms. The van der Waals surface area contributed by atoms with Crippen molar-refractivity contribution in [1.29, 1.82) is 0 Å². The highest BCUT2D eigenvalue weighted by Crippen LogP contribution is 2.27. The molecule has 2 aromatic heterocycles. The maximum atomic E-state index is 5.24. The topological polar surface area (TPSA) is 49.9 Å². The average Bonchev–Trinajstić information content (AvgIpc) is 2.50. The smallest absolute Gasteiger partial charge is 0.138 e. The lowest BCUT2D eigenvalue weighted by Crippen LogP contribution is -2.25. The minimum absolute atomic E-state index is 0.499. The quantitative estimate of drug-likeness (QED) is 0.795. The predicted molar refractivity (Wildman–Crippen MR) is 69.9 cm³/mol. The van der Waals surface area contributed by atoms with Gasteiger partial charge in [0.1, 0.15) is 5.65 Å². The van der Waals surface area contributed by atoms with Gasteiger partial charge >= 0.3 is 0 Å². The van der Waals surface area contributed by atoms with Gasteiger partial charge in [0, 0.05) is 30.0 Å². The third-order valence-electron chi connectivity index (χ3n) is 4.04. The van der Waals surface area contributed by atoms with Crippen molar-refractivity contribution in [2.45, 2.75) is 18.8 Å². The number of H-pyrrole nitrogens is 1. The monoisotopic (exact) mass is 243 g/mol. The fourth-order valence-electron chi connectivity index (χ4n) is 2.88. The highest BCUT2D eigenvalue weighted by atomic mass is 16.5. The zero-order valence-electron chi connectivity index (χ0n) is 10.3. The molecule has 4 nitrogen and oxygen atoms in total. The van der Waals surface area contributed by atoms with Crippen molar-refractivity contribution in [3.05, 3.63) is 29.1 Å². The van der Waals surface area contributed by atoms with Crippen LogP contribution in [-0.2, 0) is 17.6 Å². The van der Waals surface area contributed by atoms with E-state index in [1.165, 1.54) is 22.3 Å². The molecule has 0 radical (unpaired) electrons. The Kier molecular flexibility index (Phi) is 2.38. The molecule has 4 rings (SSSR count). The van der Waals surface area contributed by atoms with Crippen LogP contribution in [0.5, 0.6) is 0 Å². The molecule has 2 aliphatic rings. The Labute approximate surface area is 106 Å². The molecule has 2 aliphatic heterocycles. The predicted octanol–water partition coefficient (Wildman–Crippen LogP) is 1.36. The Morgan fingerprint density at radius 1 is 1.17 bits per heavy atom. The number of nitrogens with zero attached hydrogens (tertiary/aromatic N) is 1. The minimum atomic E-state index is 0.499. The van der Waals surface area contributed by atoms with E-state index in [1.807, 2.05) is 0 Å². The van der Waals surface area contributed by atoms with Crippen molar-refractivity contribution in [2.75, 3.05) is 26.3 Å². The molecule has 94 valence electrons. The van der Waals surface area contributed by atoms with Gasteiger partial charge in [-0.1, -0.05) is 0 Å². The van der Waals surface area contributed by atoms with E-state index in [2.05, 4.69) is 22.4 Å². The third-order valence-corrected chi connectivity index (χ3v) is 4.04. The molecule has 0 aliphatic carbocycles. The summed E-state index contributed by atoms with van der Waals surface area (Å²) in [6.07, 6.45) is 2.18. The minimum Gasteiger partial charge on any atom is -0.380 e. The molecule has 0 aromatic carbocycles. The first-order chi connectivity index (χ1) is 8.92. The van der Waals surface area contributed by atoms with Gasteiger partial charge in [-0.2, -0.15) is 0 Å². The second-order valence-electron chi connectivity index (χ2n) is 5.20. The van der Waals surface area contributed by atoms with Crippen LogP contribution >= 0.6 is 0 Å². The average molecular weight is 243 g/mol. The lowest BCUT2D eigenvalue weighted by Gasteiger charge is -2.25. The van der Waals surface area contributed by atoms with Gasteiger partial charge in [-0.05, 0) is 30.7 Å². The second-order valence-corrected chi connectivity index (χ2v) is 5.20. The maximum absolute atomic E-state index is 5.24. The van der Waals surface area contributed by atoms with Crippen molar-refractivity contribution in [3.63, 3.8) is 0 Å². The normalized spacial score (nSPS) is 20.4. The lowest BCUT2D eigenvalue weighted by molar-refractivity contribution is 0.00683. The van der Waals surface area contributed by atoms with Gasteiger partial charge in [-0.15, -0.1) is 0 Å². The molecule has 18 heavy (non-hydrogen) atoms. The van der Waals surface area contributed by atoms with Crippen molar-refractivity contribution in [3.8, 4) is 0 Å². The van der Waals surface area contributed by atoms with Crippen LogP contribution in [0.3, 0.4) is 0 Å². The zero-order valence-corrected chi connectivity index (χ0v) is 10.3. The number of fused-ring (bicyclic) bond motifs is 3. The molecule has 0 spiro atoms. The molecule has 2 aromatic rings. The van der Waals surface area contributed by atoms with Gasteiger partial charge in [0.05, 0.1) is 18.9 Å². The van der Waals surface area contributed by atoms with Gasteiger partial charge in [0.15, 0.2) is 0 Å². The van der Waals surface area contributed by atoms with Gasteiger partial charge in [0.25, 0.3) is 0 Å². The SMILES string of the molecule is c1cc2c3c([nH]c2nc1C1COC1)CCNCC3. The van der Waals surface area contributed by atoms with Crippen molar-refractivity contribution in [2.24, 2.45) is 0 Å². The standard InChI is InChI=1S/C14H17N3O/c1-2-12(9-7-18-8-9)16-14-11(1)10-3-5-15-6-4-13(10)17-14/h1-2,9,15H,3-8H2,(H,16,17). The first-order valence-electron chi connectivity index (χ1n) is 6.70. The zero-order chi connectivity index (χ0) is 11.9. The van der Waals surface area contributed by atoms with Crippen molar-refractivity contribution in [1.82, 2.24) is 15.3 Å². The van der Waals surface area contributed by atoms with E-state index in [0.717, 1.165) is 44.8 Å². The number of hydrogen-bond acceptors (Lipinski definition) is 3. The lowest BCUT2D eigenvalue weighted by atomic mass is 10.0. The van der Waals surface area contributed by atoms with Crippen LogP contribution in [0.25, 0.3) is 11.0 Å².